The van der Waals surface area contributed by atoms with Crippen molar-refractivity contribution in [1.29, 1.82) is 0 Å². The zero-order valence-electron chi connectivity index (χ0n) is 11.6. The van der Waals surface area contributed by atoms with Gasteiger partial charge in [0.15, 0.2) is 5.78 Å². The van der Waals surface area contributed by atoms with E-state index in [1.807, 2.05) is 24.3 Å². The minimum absolute atomic E-state index is 0.203. The van der Waals surface area contributed by atoms with Gasteiger partial charge in [0.05, 0.1) is 6.54 Å². The van der Waals surface area contributed by atoms with Crippen molar-refractivity contribution in [2.24, 2.45) is 0 Å². The third-order valence-electron chi connectivity index (χ3n) is 3.87. The number of halogens is 1. The second kappa shape index (κ2) is 6.64. The highest BCUT2D eigenvalue weighted by Crippen LogP contribution is 2.15. The molecule has 3 nitrogen and oxygen atoms in total. The highest BCUT2D eigenvalue weighted by atomic mass is 79.9. The van der Waals surface area contributed by atoms with Crippen LogP contribution in [0.15, 0.2) is 28.7 Å². The average molecular weight is 325 g/mol. The third-order valence-corrected chi connectivity index (χ3v) is 4.40. The molecule has 0 aliphatic carbocycles. The Bertz CT molecular complexity index is 424. The molecule has 4 heteroatoms. The van der Waals surface area contributed by atoms with E-state index in [0.29, 0.717) is 12.6 Å². The Morgan fingerprint density at radius 1 is 1.32 bits per heavy atom. The molecule has 0 N–H and O–H groups in total. The summed E-state index contributed by atoms with van der Waals surface area (Å²) in [5.41, 5.74) is 0.794. The first-order valence-corrected chi connectivity index (χ1v) is 7.53. The lowest BCUT2D eigenvalue weighted by Crippen LogP contribution is -2.43. The van der Waals surface area contributed by atoms with Crippen molar-refractivity contribution in [3.63, 3.8) is 0 Å². The molecule has 0 amide bonds. The molecule has 1 aromatic rings. The number of benzene rings is 1. The number of ketones is 1. The fraction of sp³-hybridized carbons (Fsp3) is 0.533. The molecule has 1 saturated heterocycles. The second-order valence-corrected chi connectivity index (χ2v) is 6.30. The summed E-state index contributed by atoms with van der Waals surface area (Å²) in [6.07, 6.45) is 2.31. The zero-order valence-corrected chi connectivity index (χ0v) is 13.2. The van der Waals surface area contributed by atoms with Gasteiger partial charge in [-0.3, -0.25) is 9.69 Å². The number of carbonyl (C=O) groups excluding carboxylic acids is 1. The summed E-state index contributed by atoms with van der Waals surface area (Å²) in [6.45, 7) is 2.76. The van der Waals surface area contributed by atoms with Crippen molar-refractivity contribution in [2.45, 2.75) is 18.9 Å². The van der Waals surface area contributed by atoms with Crippen LogP contribution in [0, 0.1) is 0 Å². The first-order valence-electron chi connectivity index (χ1n) is 6.74. The summed E-state index contributed by atoms with van der Waals surface area (Å²) in [4.78, 5) is 16.8. The van der Waals surface area contributed by atoms with Crippen LogP contribution in [-0.4, -0.2) is 55.4 Å². The van der Waals surface area contributed by atoms with Crippen LogP contribution < -0.4 is 0 Å². The van der Waals surface area contributed by atoms with Crippen molar-refractivity contribution in [3.05, 3.63) is 34.3 Å². The standard InChI is InChI=1S/C15H21BrN2O/c1-17-9-7-14(8-10-17)18(2)11-15(19)12-3-5-13(16)6-4-12/h3-6,14H,7-11H2,1-2H3. The number of Topliss-reactive ketones (excluding diaryl/α,β-unsaturated/α-hetero) is 1. The average Bonchev–Trinajstić information content (AvgIpc) is 2.40. The Labute approximate surface area is 123 Å². The number of likely N-dealkylation sites (tertiary alicyclic amines) is 1. The van der Waals surface area contributed by atoms with E-state index in [2.05, 4.69) is 39.8 Å². The van der Waals surface area contributed by atoms with Crippen molar-refractivity contribution < 1.29 is 4.79 Å². The summed E-state index contributed by atoms with van der Waals surface area (Å²) >= 11 is 3.39. The maximum atomic E-state index is 12.2. The molecule has 0 bridgehead atoms. The fourth-order valence-electron chi connectivity index (χ4n) is 2.52. The Hall–Kier alpha value is -0.710. The largest absolute Gasteiger partial charge is 0.306 e. The van der Waals surface area contributed by atoms with Gasteiger partial charge in [0.2, 0.25) is 0 Å². The van der Waals surface area contributed by atoms with Crippen molar-refractivity contribution in [2.75, 3.05) is 33.7 Å². The highest BCUT2D eigenvalue weighted by molar-refractivity contribution is 9.10. The maximum Gasteiger partial charge on any atom is 0.176 e. The molecule has 2 rings (SSSR count). The minimum Gasteiger partial charge on any atom is -0.306 e. The molecule has 1 heterocycles. The molecule has 0 spiro atoms. The number of carbonyl (C=O) groups is 1. The van der Waals surface area contributed by atoms with Crippen LogP contribution in [0.4, 0.5) is 0 Å². The van der Waals surface area contributed by atoms with Gasteiger partial charge in [-0.25, -0.2) is 0 Å². The van der Waals surface area contributed by atoms with Gasteiger partial charge in [-0.2, -0.15) is 0 Å². The molecular weight excluding hydrogens is 304 g/mol. The SMILES string of the molecule is CN1CCC(N(C)CC(=O)c2ccc(Br)cc2)CC1. The molecule has 0 aromatic heterocycles. The van der Waals surface area contributed by atoms with Gasteiger partial charge in [-0.05, 0) is 52.2 Å². The number of rotatable bonds is 4. The van der Waals surface area contributed by atoms with Crippen LogP contribution in [0.2, 0.25) is 0 Å². The number of likely N-dealkylation sites (N-methyl/N-ethyl adjacent to an activating group) is 1. The quantitative estimate of drug-likeness (QED) is 0.795. The Kier molecular flexibility index (Phi) is 5.13. The van der Waals surface area contributed by atoms with E-state index in [4.69, 9.17) is 0 Å². The van der Waals surface area contributed by atoms with Crippen LogP contribution in [0.25, 0.3) is 0 Å². The Balaban J connectivity index is 1.89. The monoisotopic (exact) mass is 324 g/mol. The molecule has 0 saturated carbocycles. The van der Waals surface area contributed by atoms with E-state index in [1.54, 1.807) is 0 Å². The topological polar surface area (TPSA) is 23.6 Å². The summed E-state index contributed by atoms with van der Waals surface area (Å²) in [5.74, 6) is 0.203. The molecule has 1 aromatic carbocycles. The lowest BCUT2D eigenvalue weighted by atomic mass is 10.0. The van der Waals surface area contributed by atoms with Crippen LogP contribution in [-0.2, 0) is 0 Å². The van der Waals surface area contributed by atoms with Gasteiger partial charge in [0, 0.05) is 16.1 Å². The first kappa shape index (κ1) is 14.7. The lowest BCUT2D eigenvalue weighted by molar-refractivity contribution is 0.0871. The number of nitrogens with zero attached hydrogens (tertiary/aromatic N) is 2. The minimum atomic E-state index is 0.203. The molecule has 1 aliphatic rings. The normalized spacial score (nSPS) is 17.9. The van der Waals surface area contributed by atoms with Crippen LogP contribution in [0.5, 0.6) is 0 Å². The van der Waals surface area contributed by atoms with Gasteiger partial charge < -0.3 is 4.90 Å². The smallest absolute Gasteiger partial charge is 0.176 e. The molecule has 0 unspecified atom stereocenters. The van der Waals surface area contributed by atoms with Crippen molar-refractivity contribution in [3.8, 4) is 0 Å². The summed E-state index contributed by atoms with van der Waals surface area (Å²) < 4.78 is 1.01. The molecule has 0 atom stereocenters. The van der Waals surface area contributed by atoms with E-state index >= 15 is 0 Å². The molecule has 104 valence electrons. The number of hydrogen-bond acceptors (Lipinski definition) is 3. The molecule has 1 aliphatic heterocycles. The van der Waals surface area contributed by atoms with E-state index in [9.17, 15) is 4.79 Å². The van der Waals surface area contributed by atoms with Gasteiger partial charge in [-0.1, -0.05) is 28.1 Å². The molecule has 1 fully saturated rings. The Morgan fingerprint density at radius 3 is 2.47 bits per heavy atom. The van der Waals surface area contributed by atoms with E-state index in [-0.39, 0.29) is 5.78 Å². The lowest BCUT2D eigenvalue weighted by Gasteiger charge is -2.34. The Morgan fingerprint density at radius 2 is 1.89 bits per heavy atom. The van der Waals surface area contributed by atoms with E-state index < -0.39 is 0 Å². The number of piperidine rings is 1. The summed E-state index contributed by atoms with van der Waals surface area (Å²) in [5, 5.41) is 0. The van der Waals surface area contributed by atoms with Crippen molar-refractivity contribution in [1.82, 2.24) is 9.80 Å². The van der Waals surface area contributed by atoms with Gasteiger partial charge in [-0.15, -0.1) is 0 Å². The van der Waals surface area contributed by atoms with E-state index in [0.717, 1.165) is 36.0 Å². The van der Waals surface area contributed by atoms with E-state index in [1.165, 1.54) is 0 Å². The maximum absolute atomic E-state index is 12.2. The third kappa shape index (κ3) is 4.13. The van der Waals surface area contributed by atoms with Gasteiger partial charge >= 0.3 is 0 Å². The zero-order chi connectivity index (χ0) is 13.8. The van der Waals surface area contributed by atoms with Gasteiger partial charge in [0.25, 0.3) is 0 Å². The summed E-state index contributed by atoms with van der Waals surface area (Å²) in [7, 11) is 4.22. The predicted octanol–water partition coefficient (Wildman–Crippen LogP) is 2.66. The van der Waals surface area contributed by atoms with Crippen molar-refractivity contribution >= 4 is 21.7 Å². The fourth-order valence-corrected chi connectivity index (χ4v) is 2.78. The van der Waals surface area contributed by atoms with Crippen LogP contribution in [0.1, 0.15) is 23.2 Å². The first-order chi connectivity index (χ1) is 9.06. The molecule has 0 radical (unpaired) electrons. The van der Waals surface area contributed by atoms with Gasteiger partial charge in [0.1, 0.15) is 0 Å². The molecule has 19 heavy (non-hydrogen) atoms. The summed E-state index contributed by atoms with van der Waals surface area (Å²) in [6, 6.07) is 8.14. The number of hydrogen-bond donors (Lipinski definition) is 0. The van der Waals surface area contributed by atoms with Crippen LogP contribution >= 0.6 is 15.9 Å². The van der Waals surface area contributed by atoms with Crippen LogP contribution in [0.3, 0.4) is 0 Å². The second-order valence-electron chi connectivity index (χ2n) is 5.38. The predicted molar refractivity (Wildman–Crippen MR) is 81.6 cm³/mol. The highest BCUT2D eigenvalue weighted by Gasteiger charge is 2.22. The molecular formula is C15H21BrN2O.